The third-order valence-electron chi connectivity index (χ3n) is 8.28. The van der Waals surface area contributed by atoms with Gasteiger partial charge in [-0.2, -0.15) is 0 Å². The quantitative estimate of drug-likeness (QED) is 0.317. The molecule has 3 fully saturated rings. The number of allylic oxidation sites excluding steroid dienone is 3. The molecule has 0 aromatic rings. The van der Waals surface area contributed by atoms with Gasteiger partial charge in [0.25, 0.3) is 0 Å². The molecule has 3 nitrogen and oxygen atoms in total. The number of oxime groups is 1. The minimum Gasteiger partial charge on any atom is -0.411 e. The van der Waals surface area contributed by atoms with Crippen LogP contribution in [0.25, 0.3) is 0 Å². The lowest BCUT2D eigenvalue weighted by Gasteiger charge is -2.58. The highest BCUT2D eigenvalue weighted by Crippen LogP contribution is 2.66. The highest BCUT2D eigenvalue weighted by atomic mass is 16.4. The fourth-order valence-corrected chi connectivity index (χ4v) is 6.95. The molecule has 1 unspecified atom stereocenters. The highest BCUT2D eigenvalue weighted by molar-refractivity contribution is 5.72. The summed E-state index contributed by atoms with van der Waals surface area (Å²) < 4.78 is 0. The van der Waals surface area contributed by atoms with E-state index in [0.717, 1.165) is 37.0 Å². The van der Waals surface area contributed by atoms with Crippen molar-refractivity contribution in [3.05, 3.63) is 23.3 Å². The predicted molar refractivity (Wildman–Crippen MR) is 96.1 cm³/mol. The molecule has 3 saturated carbocycles. The molecule has 0 aromatic heterocycles. The van der Waals surface area contributed by atoms with E-state index in [0.29, 0.717) is 10.8 Å². The Morgan fingerprint density at radius 3 is 2.58 bits per heavy atom. The van der Waals surface area contributed by atoms with Crippen molar-refractivity contribution in [1.29, 1.82) is 0 Å². The van der Waals surface area contributed by atoms with E-state index in [4.69, 9.17) is 5.21 Å². The average Bonchev–Trinajstić information content (AvgIpc) is 2.90. The van der Waals surface area contributed by atoms with Crippen LogP contribution in [0.3, 0.4) is 0 Å². The van der Waals surface area contributed by atoms with Crippen molar-refractivity contribution in [2.75, 3.05) is 0 Å². The van der Waals surface area contributed by atoms with Crippen LogP contribution in [0.5, 0.6) is 0 Å². The molecule has 0 aromatic carbocycles. The Kier molecular flexibility index (Phi) is 3.91. The van der Waals surface area contributed by atoms with E-state index in [2.05, 4.69) is 31.2 Å². The summed E-state index contributed by atoms with van der Waals surface area (Å²) in [5, 5.41) is 22.0. The van der Waals surface area contributed by atoms with Crippen LogP contribution in [0.15, 0.2) is 28.5 Å². The molecule has 4 aliphatic rings. The fraction of sp³-hybridized carbons (Fsp3) is 0.762. The smallest absolute Gasteiger partial charge is 0.0724 e. The number of aliphatic hydroxyl groups excluding tert-OH is 1. The largest absolute Gasteiger partial charge is 0.411 e. The molecule has 0 saturated heterocycles. The van der Waals surface area contributed by atoms with Crippen molar-refractivity contribution in [2.45, 2.75) is 71.3 Å². The van der Waals surface area contributed by atoms with E-state index in [1.807, 2.05) is 0 Å². The third-order valence-corrected chi connectivity index (χ3v) is 8.28. The summed E-state index contributed by atoms with van der Waals surface area (Å²) in [6, 6.07) is 0. The maximum Gasteiger partial charge on any atom is 0.0724 e. The summed E-state index contributed by atoms with van der Waals surface area (Å²) in [4.78, 5) is 0. The summed E-state index contributed by atoms with van der Waals surface area (Å²) in [7, 11) is 0. The summed E-state index contributed by atoms with van der Waals surface area (Å²) >= 11 is 0. The number of aliphatic hydroxyl groups is 1. The van der Waals surface area contributed by atoms with Crippen molar-refractivity contribution in [2.24, 2.45) is 33.7 Å². The Morgan fingerprint density at radius 2 is 1.79 bits per heavy atom. The number of rotatable bonds is 1. The van der Waals surface area contributed by atoms with Crippen molar-refractivity contribution < 1.29 is 10.3 Å². The lowest BCUT2D eigenvalue weighted by Crippen LogP contribution is -2.49. The Morgan fingerprint density at radius 1 is 1.04 bits per heavy atom. The van der Waals surface area contributed by atoms with Crippen LogP contribution in [0.1, 0.15) is 65.2 Å². The number of fused-ring (bicyclic) bond motifs is 5. The molecule has 0 bridgehead atoms. The van der Waals surface area contributed by atoms with Crippen molar-refractivity contribution >= 4 is 6.21 Å². The number of nitrogens with zero attached hydrogens (tertiary/aromatic N) is 1. The second-order valence-corrected chi connectivity index (χ2v) is 9.08. The van der Waals surface area contributed by atoms with Crippen molar-refractivity contribution in [3.8, 4) is 0 Å². The lowest BCUT2D eigenvalue weighted by molar-refractivity contribution is -0.0313. The molecule has 3 heteroatoms. The second kappa shape index (κ2) is 5.72. The van der Waals surface area contributed by atoms with E-state index in [1.165, 1.54) is 37.7 Å². The molecule has 24 heavy (non-hydrogen) atoms. The molecule has 6 atom stereocenters. The highest BCUT2D eigenvalue weighted by Gasteiger charge is 2.57. The van der Waals surface area contributed by atoms with Gasteiger partial charge in [0.2, 0.25) is 0 Å². The van der Waals surface area contributed by atoms with Gasteiger partial charge >= 0.3 is 0 Å². The maximum atomic E-state index is 10.1. The molecule has 132 valence electrons. The van der Waals surface area contributed by atoms with Gasteiger partial charge in [0.1, 0.15) is 0 Å². The van der Waals surface area contributed by atoms with Crippen LogP contribution in [0.4, 0.5) is 0 Å². The first-order valence-electron chi connectivity index (χ1n) is 9.75. The molecule has 0 aliphatic heterocycles. The van der Waals surface area contributed by atoms with E-state index < -0.39 is 0 Å². The van der Waals surface area contributed by atoms with E-state index in [9.17, 15) is 5.11 Å². The first-order chi connectivity index (χ1) is 11.5. The average molecular weight is 329 g/mol. The molecule has 4 rings (SSSR count). The Hall–Kier alpha value is -1.09. The zero-order valence-electron chi connectivity index (χ0n) is 15.0. The maximum absolute atomic E-state index is 10.1. The van der Waals surface area contributed by atoms with Gasteiger partial charge < -0.3 is 10.3 Å². The Labute approximate surface area is 145 Å². The van der Waals surface area contributed by atoms with Gasteiger partial charge in [-0.3, -0.25) is 0 Å². The van der Waals surface area contributed by atoms with Crippen molar-refractivity contribution in [3.63, 3.8) is 0 Å². The summed E-state index contributed by atoms with van der Waals surface area (Å²) in [6.07, 6.45) is 15.2. The third kappa shape index (κ3) is 2.23. The van der Waals surface area contributed by atoms with Gasteiger partial charge in [-0.1, -0.05) is 36.2 Å². The first-order valence-corrected chi connectivity index (χ1v) is 9.75. The molecule has 2 N–H and O–H groups in total. The second-order valence-electron chi connectivity index (χ2n) is 9.08. The van der Waals surface area contributed by atoms with Gasteiger partial charge in [0.05, 0.1) is 12.3 Å². The zero-order valence-corrected chi connectivity index (χ0v) is 15.0. The topological polar surface area (TPSA) is 52.8 Å². The van der Waals surface area contributed by atoms with Gasteiger partial charge in [-0.15, -0.1) is 0 Å². The van der Waals surface area contributed by atoms with E-state index in [-0.39, 0.29) is 6.10 Å². The Balaban J connectivity index is 1.65. The van der Waals surface area contributed by atoms with Gasteiger partial charge in [-0.05, 0) is 86.0 Å². The predicted octanol–water partition coefficient (Wildman–Crippen LogP) is 4.70. The van der Waals surface area contributed by atoms with Gasteiger partial charge in [0.15, 0.2) is 0 Å². The fourth-order valence-electron chi connectivity index (χ4n) is 6.95. The molecular weight excluding hydrogens is 298 g/mol. The normalized spacial score (nSPS) is 49.6. The monoisotopic (exact) mass is 329 g/mol. The van der Waals surface area contributed by atoms with Crippen molar-refractivity contribution in [1.82, 2.24) is 0 Å². The molecule has 0 heterocycles. The minimum absolute atomic E-state index is 0.211. The SMILES string of the molecule is C[C@]12CC[C@H](O)C=C1CC[C@H]1C3CC/C(=C/C=N\O)[C@@]3(C)CC[C@@H]12. The number of hydrogen-bond acceptors (Lipinski definition) is 3. The van der Waals surface area contributed by atoms with Crippen LogP contribution < -0.4 is 0 Å². The van der Waals surface area contributed by atoms with Crippen LogP contribution >= 0.6 is 0 Å². The molecule has 0 spiro atoms. The first kappa shape index (κ1) is 16.4. The van der Waals surface area contributed by atoms with Gasteiger partial charge in [-0.25, -0.2) is 0 Å². The molecule has 0 amide bonds. The van der Waals surface area contributed by atoms with E-state index in [1.54, 1.807) is 11.8 Å². The Bertz CT molecular complexity index is 607. The molecule has 0 radical (unpaired) electrons. The van der Waals surface area contributed by atoms with E-state index >= 15 is 0 Å². The number of hydrogen-bond donors (Lipinski definition) is 2. The zero-order chi connectivity index (χ0) is 16.9. The summed E-state index contributed by atoms with van der Waals surface area (Å²) in [5.41, 5.74) is 3.66. The van der Waals surface area contributed by atoms with Crippen LogP contribution in [0.2, 0.25) is 0 Å². The molecular formula is C21H31NO2. The van der Waals surface area contributed by atoms with Gasteiger partial charge in [0, 0.05) is 0 Å². The van der Waals surface area contributed by atoms with Crippen LogP contribution in [0, 0.1) is 28.6 Å². The van der Waals surface area contributed by atoms with Crippen LogP contribution in [-0.2, 0) is 0 Å². The summed E-state index contributed by atoms with van der Waals surface area (Å²) in [6.45, 7) is 4.94. The lowest BCUT2D eigenvalue weighted by atomic mass is 9.47. The molecule has 4 aliphatic carbocycles. The standard InChI is InChI=1S/C21H31NO2/c1-20-11-8-19-17(18(20)6-4-14(20)9-12-22-24)5-3-15-13-16(23)7-10-21(15,19)2/h9,12-13,16-19,23-24H,3-8,10-11H2,1-2H3/b14-9-,22-12-/t16-,17-,18?,19-,20+,21-/m0/s1. The summed E-state index contributed by atoms with van der Waals surface area (Å²) in [5.74, 6) is 2.38. The van der Waals surface area contributed by atoms with Crippen LogP contribution in [-0.4, -0.2) is 22.6 Å². The minimum atomic E-state index is -0.211.